The van der Waals surface area contributed by atoms with Gasteiger partial charge in [0.1, 0.15) is 0 Å². The fraction of sp³-hybridized carbons (Fsp3) is 0.474. The van der Waals surface area contributed by atoms with Crippen molar-refractivity contribution in [2.75, 3.05) is 0 Å². The molecule has 1 aromatic rings. The maximum absolute atomic E-state index is 6.73. The molecule has 0 bridgehead atoms. The SMILES string of the molecule is C=C/C(=C1\CC2(CCCCC2)O[Si]1(C)C)c1ccccc1. The molecule has 0 atom stereocenters. The number of rotatable bonds is 2. The van der Waals surface area contributed by atoms with Crippen LogP contribution in [0, 0.1) is 0 Å². The van der Waals surface area contributed by atoms with Gasteiger partial charge in [0, 0.05) is 0 Å². The first-order valence-corrected chi connectivity index (χ1v) is 11.1. The van der Waals surface area contributed by atoms with Crippen LogP contribution >= 0.6 is 0 Å². The molecule has 21 heavy (non-hydrogen) atoms. The summed E-state index contributed by atoms with van der Waals surface area (Å²) in [5.74, 6) is 0. The minimum absolute atomic E-state index is 0.145. The summed E-state index contributed by atoms with van der Waals surface area (Å²) in [5, 5.41) is 1.56. The largest absolute Gasteiger partial charge is 0.407 e. The molecule has 2 heteroatoms. The Bertz CT molecular complexity index is 550. The number of hydrogen-bond donors (Lipinski definition) is 0. The van der Waals surface area contributed by atoms with Crippen LogP contribution in [-0.2, 0) is 4.43 Å². The first-order valence-electron chi connectivity index (χ1n) is 8.18. The Morgan fingerprint density at radius 2 is 1.81 bits per heavy atom. The van der Waals surface area contributed by atoms with Gasteiger partial charge in [-0.3, -0.25) is 0 Å². The molecular weight excluding hydrogens is 272 g/mol. The molecule has 1 saturated carbocycles. The molecule has 2 fully saturated rings. The molecule has 1 saturated heterocycles. The predicted molar refractivity (Wildman–Crippen MR) is 92.6 cm³/mol. The lowest BCUT2D eigenvalue weighted by molar-refractivity contribution is 0.0449. The van der Waals surface area contributed by atoms with Crippen molar-refractivity contribution in [2.24, 2.45) is 0 Å². The Morgan fingerprint density at radius 3 is 2.43 bits per heavy atom. The molecule has 1 heterocycles. The monoisotopic (exact) mass is 298 g/mol. The van der Waals surface area contributed by atoms with Gasteiger partial charge in [-0.15, -0.1) is 0 Å². The highest BCUT2D eigenvalue weighted by molar-refractivity contribution is 6.80. The highest BCUT2D eigenvalue weighted by Crippen LogP contribution is 2.49. The quantitative estimate of drug-likeness (QED) is 0.656. The molecule has 0 aromatic heterocycles. The van der Waals surface area contributed by atoms with Gasteiger partial charge in [0.05, 0.1) is 5.60 Å². The maximum Gasteiger partial charge on any atom is 0.215 e. The first-order chi connectivity index (χ1) is 10.1. The van der Waals surface area contributed by atoms with Crippen molar-refractivity contribution in [3.05, 3.63) is 53.7 Å². The van der Waals surface area contributed by atoms with Gasteiger partial charge in [-0.1, -0.05) is 62.2 Å². The Kier molecular flexibility index (Phi) is 3.93. The van der Waals surface area contributed by atoms with Gasteiger partial charge >= 0.3 is 0 Å². The van der Waals surface area contributed by atoms with E-state index in [1.165, 1.54) is 43.2 Å². The molecule has 1 aliphatic carbocycles. The van der Waals surface area contributed by atoms with Crippen molar-refractivity contribution in [1.29, 1.82) is 0 Å². The van der Waals surface area contributed by atoms with Crippen LogP contribution < -0.4 is 0 Å². The molecule has 0 unspecified atom stereocenters. The van der Waals surface area contributed by atoms with Crippen molar-refractivity contribution in [3.8, 4) is 0 Å². The van der Waals surface area contributed by atoms with Crippen molar-refractivity contribution < 1.29 is 4.43 Å². The summed E-state index contributed by atoms with van der Waals surface area (Å²) in [7, 11) is -1.79. The van der Waals surface area contributed by atoms with E-state index in [-0.39, 0.29) is 5.60 Å². The van der Waals surface area contributed by atoms with Crippen molar-refractivity contribution >= 4 is 13.9 Å². The Labute approximate surface area is 129 Å². The van der Waals surface area contributed by atoms with Gasteiger partial charge in [0.2, 0.25) is 8.32 Å². The Hall–Kier alpha value is -1.12. The van der Waals surface area contributed by atoms with Crippen molar-refractivity contribution in [3.63, 3.8) is 0 Å². The summed E-state index contributed by atoms with van der Waals surface area (Å²) in [6.07, 6.45) is 9.68. The Balaban J connectivity index is 2.03. The molecule has 0 N–H and O–H groups in total. The van der Waals surface area contributed by atoms with Gasteiger partial charge in [-0.25, -0.2) is 0 Å². The van der Waals surface area contributed by atoms with E-state index < -0.39 is 8.32 Å². The lowest BCUT2D eigenvalue weighted by atomic mass is 9.82. The van der Waals surface area contributed by atoms with Crippen molar-refractivity contribution in [1.82, 2.24) is 0 Å². The zero-order valence-electron chi connectivity index (χ0n) is 13.3. The minimum Gasteiger partial charge on any atom is -0.407 e. The molecule has 112 valence electrons. The van der Waals surface area contributed by atoms with E-state index >= 15 is 0 Å². The summed E-state index contributed by atoms with van der Waals surface area (Å²) < 4.78 is 6.73. The molecule has 1 nitrogen and oxygen atoms in total. The molecule has 1 aromatic carbocycles. The summed E-state index contributed by atoms with van der Waals surface area (Å²) in [6.45, 7) is 8.81. The van der Waals surface area contributed by atoms with E-state index in [9.17, 15) is 0 Å². The van der Waals surface area contributed by atoms with Crippen molar-refractivity contribution in [2.45, 2.75) is 57.2 Å². The van der Waals surface area contributed by atoms with Gasteiger partial charge in [0.25, 0.3) is 0 Å². The maximum atomic E-state index is 6.73. The van der Waals surface area contributed by atoms with E-state index in [2.05, 4.69) is 50.0 Å². The second-order valence-corrected chi connectivity index (χ2v) is 10.8. The zero-order valence-corrected chi connectivity index (χ0v) is 14.3. The van der Waals surface area contributed by atoms with Crippen LogP contribution in [-0.4, -0.2) is 13.9 Å². The summed E-state index contributed by atoms with van der Waals surface area (Å²) in [6, 6.07) is 10.7. The third-order valence-electron chi connectivity index (χ3n) is 5.08. The van der Waals surface area contributed by atoms with E-state index in [4.69, 9.17) is 4.43 Å². The second-order valence-electron chi connectivity index (χ2n) is 7.00. The van der Waals surface area contributed by atoms with Crippen LogP contribution in [0.1, 0.15) is 44.1 Å². The normalized spacial score (nSPS) is 25.8. The number of benzene rings is 1. The van der Waals surface area contributed by atoms with E-state index in [1.54, 1.807) is 5.20 Å². The molecule has 1 aliphatic heterocycles. The Morgan fingerprint density at radius 1 is 1.14 bits per heavy atom. The zero-order chi connectivity index (χ0) is 14.9. The topological polar surface area (TPSA) is 9.23 Å². The fourth-order valence-electron chi connectivity index (χ4n) is 4.10. The lowest BCUT2D eigenvalue weighted by Crippen LogP contribution is -2.37. The molecule has 1 spiro atoms. The van der Waals surface area contributed by atoms with Gasteiger partial charge in [0.15, 0.2) is 0 Å². The molecule has 0 radical (unpaired) electrons. The summed E-state index contributed by atoms with van der Waals surface area (Å²) >= 11 is 0. The summed E-state index contributed by atoms with van der Waals surface area (Å²) in [4.78, 5) is 0. The van der Waals surface area contributed by atoms with Gasteiger partial charge in [-0.2, -0.15) is 0 Å². The highest BCUT2D eigenvalue weighted by Gasteiger charge is 2.49. The number of hydrogen-bond acceptors (Lipinski definition) is 1. The second kappa shape index (κ2) is 5.58. The van der Waals surface area contributed by atoms with E-state index in [0.717, 1.165) is 6.42 Å². The van der Waals surface area contributed by atoms with Gasteiger partial charge in [-0.05, 0) is 48.7 Å². The average molecular weight is 299 g/mol. The van der Waals surface area contributed by atoms with E-state index in [0.29, 0.717) is 0 Å². The first kappa shape index (κ1) is 14.8. The third kappa shape index (κ3) is 2.79. The third-order valence-corrected chi connectivity index (χ3v) is 7.92. The minimum atomic E-state index is -1.79. The highest BCUT2D eigenvalue weighted by atomic mass is 28.4. The standard InChI is InChI=1S/C19H26OSi/c1-4-17(16-11-7-5-8-12-16)18-15-19(20-21(18,2)3)13-9-6-10-14-19/h4-5,7-8,11-12H,1,6,9-10,13-15H2,2-3H3/b18-17-. The van der Waals surface area contributed by atoms with Crippen LogP contribution in [0.3, 0.4) is 0 Å². The van der Waals surface area contributed by atoms with Crippen LogP contribution in [0.5, 0.6) is 0 Å². The smallest absolute Gasteiger partial charge is 0.215 e. The van der Waals surface area contributed by atoms with Crippen LogP contribution in [0.4, 0.5) is 0 Å². The molecular formula is C19H26OSi. The lowest BCUT2D eigenvalue weighted by Gasteiger charge is -2.34. The van der Waals surface area contributed by atoms with Gasteiger partial charge < -0.3 is 4.43 Å². The van der Waals surface area contributed by atoms with Crippen LogP contribution in [0.2, 0.25) is 13.1 Å². The summed E-state index contributed by atoms with van der Waals surface area (Å²) in [5.41, 5.74) is 2.76. The van der Waals surface area contributed by atoms with Crippen LogP contribution in [0.25, 0.3) is 5.57 Å². The van der Waals surface area contributed by atoms with E-state index in [1.807, 2.05) is 6.08 Å². The average Bonchev–Trinajstić information content (AvgIpc) is 2.73. The predicted octanol–water partition coefficient (Wildman–Crippen LogP) is 5.49. The molecule has 2 aliphatic rings. The molecule has 0 amide bonds. The fourth-order valence-corrected chi connectivity index (χ4v) is 7.23. The van der Waals surface area contributed by atoms with Crippen LogP contribution in [0.15, 0.2) is 48.2 Å². The molecule has 3 rings (SSSR count). The number of allylic oxidation sites excluding steroid dienone is 2.